The number of amides is 3. The summed E-state index contributed by atoms with van der Waals surface area (Å²) >= 11 is 1.90. The van der Waals surface area contributed by atoms with E-state index in [2.05, 4.69) is 16.0 Å². The molecule has 3 atom stereocenters. The second-order valence-corrected chi connectivity index (χ2v) is 7.69. The molecule has 4 N–H and O–H groups in total. The van der Waals surface area contributed by atoms with Crippen molar-refractivity contribution in [3.05, 3.63) is 0 Å². The molecule has 7 nitrogen and oxygen atoms in total. The number of nitrogens with one attached hydrogen (secondary N) is 3. The van der Waals surface area contributed by atoms with E-state index >= 15 is 0 Å². The maximum absolute atomic E-state index is 11.7. The molecular weight excluding hydrogens is 330 g/mol. The number of rotatable bonds is 11. The van der Waals surface area contributed by atoms with Crippen molar-refractivity contribution < 1.29 is 19.5 Å². The average Bonchev–Trinajstić information content (AvgIpc) is 3.06. The SMILES string of the molecule is O=C(O)CCCCCNC(=O)CCCC[C@@H]1SC[C@H]2NC(=O)N[C@H]12. The van der Waals surface area contributed by atoms with E-state index in [4.69, 9.17) is 5.11 Å². The molecule has 0 unspecified atom stereocenters. The summed E-state index contributed by atoms with van der Waals surface area (Å²) in [5.41, 5.74) is 0. The van der Waals surface area contributed by atoms with Crippen LogP contribution in [0.25, 0.3) is 0 Å². The number of carbonyl (C=O) groups is 3. The fourth-order valence-electron chi connectivity index (χ4n) is 3.17. The number of hydrogen-bond donors (Lipinski definition) is 4. The predicted molar refractivity (Wildman–Crippen MR) is 93.1 cm³/mol. The van der Waals surface area contributed by atoms with Crippen LogP contribution < -0.4 is 16.0 Å². The van der Waals surface area contributed by atoms with Crippen LogP contribution in [0.2, 0.25) is 0 Å². The summed E-state index contributed by atoms with van der Waals surface area (Å²) in [5, 5.41) is 17.8. The minimum absolute atomic E-state index is 0.0574. The molecule has 0 aromatic rings. The van der Waals surface area contributed by atoms with Gasteiger partial charge in [0.15, 0.2) is 0 Å². The number of urea groups is 1. The van der Waals surface area contributed by atoms with Crippen LogP contribution >= 0.6 is 11.8 Å². The van der Waals surface area contributed by atoms with Crippen molar-refractivity contribution >= 4 is 29.7 Å². The molecule has 2 heterocycles. The summed E-state index contributed by atoms with van der Waals surface area (Å²) in [6.45, 7) is 0.623. The zero-order valence-electron chi connectivity index (χ0n) is 13.9. The summed E-state index contributed by atoms with van der Waals surface area (Å²) in [4.78, 5) is 33.4. The van der Waals surface area contributed by atoms with Crippen LogP contribution in [0.1, 0.15) is 51.4 Å². The number of hydrogen-bond acceptors (Lipinski definition) is 4. The van der Waals surface area contributed by atoms with Crippen molar-refractivity contribution in [1.29, 1.82) is 0 Å². The molecule has 136 valence electrons. The molecule has 8 heteroatoms. The van der Waals surface area contributed by atoms with Gasteiger partial charge in [-0.25, -0.2) is 4.79 Å². The highest BCUT2D eigenvalue weighted by Crippen LogP contribution is 2.33. The summed E-state index contributed by atoms with van der Waals surface area (Å²) < 4.78 is 0. The summed E-state index contributed by atoms with van der Waals surface area (Å²) in [7, 11) is 0. The second-order valence-electron chi connectivity index (χ2n) is 6.42. The van der Waals surface area contributed by atoms with Crippen molar-refractivity contribution in [2.75, 3.05) is 12.3 Å². The monoisotopic (exact) mass is 357 g/mol. The molecule has 2 saturated heterocycles. The minimum Gasteiger partial charge on any atom is -0.481 e. The first-order valence-corrected chi connectivity index (χ1v) is 9.78. The summed E-state index contributed by atoms with van der Waals surface area (Å²) in [6.07, 6.45) is 5.93. The van der Waals surface area contributed by atoms with Gasteiger partial charge in [0.2, 0.25) is 5.91 Å². The van der Waals surface area contributed by atoms with Gasteiger partial charge in [-0.1, -0.05) is 12.8 Å². The Morgan fingerprint density at radius 3 is 2.71 bits per heavy atom. The maximum Gasteiger partial charge on any atom is 0.315 e. The summed E-state index contributed by atoms with van der Waals surface area (Å²) in [5.74, 6) is 0.274. The molecule has 2 aliphatic heterocycles. The van der Waals surface area contributed by atoms with Crippen LogP contribution in [0.15, 0.2) is 0 Å². The topological polar surface area (TPSA) is 108 Å². The van der Waals surface area contributed by atoms with Crippen molar-refractivity contribution in [3.8, 4) is 0 Å². The Hall–Kier alpha value is -1.44. The van der Waals surface area contributed by atoms with E-state index in [9.17, 15) is 14.4 Å². The van der Waals surface area contributed by atoms with Gasteiger partial charge in [-0.2, -0.15) is 11.8 Å². The minimum atomic E-state index is -0.765. The van der Waals surface area contributed by atoms with Crippen molar-refractivity contribution in [2.45, 2.75) is 68.7 Å². The molecule has 0 bridgehead atoms. The van der Waals surface area contributed by atoms with Gasteiger partial charge in [0.05, 0.1) is 12.1 Å². The van der Waals surface area contributed by atoms with Gasteiger partial charge in [0.1, 0.15) is 0 Å². The lowest BCUT2D eigenvalue weighted by Crippen LogP contribution is -2.36. The van der Waals surface area contributed by atoms with E-state index < -0.39 is 5.97 Å². The van der Waals surface area contributed by atoms with Gasteiger partial charge in [-0.05, 0) is 25.7 Å². The Kier molecular flexibility index (Phi) is 7.68. The van der Waals surface area contributed by atoms with Gasteiger partial charge < -0.3 is 21.1 Å². The van der Waals surface area contributed by atoms with E-state index in [1.165, 1.54) is 0 Å². The molecule has 2 fully saturated rings. The Balaban J connectivity index is 1.45. The molecule has 3 amide bonds. The highest BCUT2D eigenvalue weighted by molar-refractivity contribution is 8.00. The fourth-order valence-corrected chi connectivity index (χ4v) is 4.71. The first-order valence-electron chi connectivity index (χ1n) is 8.73. The Labute approximate surface area is 146 Å². The zero-order chi connectivity index (χ0) is 17.4. The van der Waals surface area contributed by atoms with Crippen LogP contribution in [0, 0.1) is 0 Å². The molecule has 0 radical (unpaired) electrons. The van der Waals surface area contributed by atoms with E-state index in [0.29, 0.717) is 24.6 Å². The molecule has 24 heavy (non-hydrogen) atoms. The van der Waals surface area contributed by atoms with Crippen LogP contribution in [0.5, 0.6) is 0 Å². The van der Waals surface area contributed by atoms with Crippen LogP contribution in [-0.4, -0.2) is 52.6 Å². The number of carboxylic acids is 1. The Morgan fingerprint density at radius 1 is 1.12 bits per heavy atom. The van der Waals surface area contributed by atoms with E-state index in [-0.39, 0.29) is 30.4 Å². The Bertz CT molecular complexity index is 461. The van der Waals surface area contributed by atoms with Crippen LogP contribution in [-0.2, 0) is 9.59 Å². The maximum atomic E-state index is 11.7. The zero-order valence-corrected chi connectivity index (χ0v) is 14.7. The number of aliphatic carboxylic acids is 1. The predicted octanol–water partition coefficient (Wildman–Crippen LogP) is 1.47. The largest absolute Gasteiger partial charge is 0.481 e. The lowest BCUT2D eigenvalue weighted by atomic mass is 10.0. The molecule has 0 saturated carbocycles. The molecule has 0 spiro atoms. The molecule has 0 aromatic heterocycles. The second kappa shape index (κ2) is 9.76. The van der Waals surface area contributed by atoms with Gasteiger partial charge in [-0.15, -0.1) is 0 Å². The number of carbonyl (C=O) groups excluding carboxylic acids is 2. The van der Waals surface area contributed by atoms with Gasteiger partial charge in [0, 0.05) is 30.4 Å². The van der Waals surface area contributed by atoms with E-state index in [1.54, 1.807) is 0 Å². The Morgan fingerprint density at radius 2 is 1.92 bits per heavy atom. The first kappa shape index (κ1) is 18.9. The molecule has 0 aliphatic carbocycles. The highest BCUT2D eigenvalue weighted by Gasteiger charge is 2.42. The third kappa shape index (κ3) is 6.22. The molecular formula is C16H27N3O4S. The first-order chi connectivity index (χ1) is 11.6. The van der Waals surface area contributed by atoms with Crippen molar-refractivity contribution in [2.24, 2.45) is 0 Å². The average molecular weight is 357 g/mol. The molecule has 2 aliphatic rings. The smallest absolute Gasteiger partial charge is 0.315 e. The third-order valence-electron chi connectivity index (χ3n) is 4.47. The van der Waals surface area contributed by atoms with Gasteiger partial charge in [-0.3, -0.25) is 9.59 Å². The van der Waals surface area contributed by atoms with Gasteiger partial charge >= 0.3 is 12.0 Å². The third-order valence-corrected chi connectivity index (χ3v) is 5.98. The molecule has 2 rings (SSSR count). The fraction of sp³-hybridized carbons (Fsp3) is 0.812. The summed E-state index contributed by atoms with van der Waals surface area (Å²) in [6, 6.07) is 0.442. The van der Waals surface area contributed by atoms with Crippen molar-refractivity contribution in [1.82, 2.24) is 16.0 Å². The number of fused-ring (bicyclic) bond motifs is 1. The van der Waals surface area contributed by atoms with Gasteiger partial charge in [0.25, 0.3) is 0 Å². The standard InChI is InChI=1S/C16H27N3O4S/c20-13(17-9-5-1-2-8-14(21)22)7-4-3-6-12-15-11(10-24-12)18-16(23)19-15/h11-12,15H,1-10H2,(H,17,20)(H,21,22)(H2,18,19,23)/t11-,12+,15+/m1/s1. The molecule has 0 aromatic carbocycles. The number of unbranched alkanes of at least 4 members (excludes halogenated alkanes) is 3. The number of carboxylic acid groups (broad SMARTS) is 1. The van der Waals surface area contributed by atoms with E-state index in [0.717, 1.165) is 37.9 Å². The normalized spacial score (nSPS) is 25.0. The van der Waals surface area contributed by atoms with E-state index in [1.807, 2.05) is 11.8 Å². The number of thioether (sulfide) groups is 1. The van der Waals surface area contributed by atoms with Crippen LogP contribution in [0.3, 0.4) is 0 Å². The quantitative estimate of drug-likeness (QED) is 0.331. The van der Waals surface area contributed by atoms with Crippen molar-refractivity contribution in [3.63, 3.8) is 0 Å². The highest BCUT2D eigenvalue weighted by atomic mass is 32.2. The lowest BCUT2D eigenvalue weighted by Gasteiger charge is -2.16. The lowest BCUT2D eigenvalue weighted by molar-refractivity contribution is -0.137. The van der Waals surface area contributed by atoms with Crippen LogP contribution in [0.4, 0.5) is 4.79 Å².